The van der Waals surface area contributed by atoms with E-state index in [1.165, 1.54) is 11.3 Å². The number of anilines is 1. The molecular weight excluding hydrogens is 298 g/mol. The maximum atomic E-state index is 12.2. The lowest BCUT2D eigenvalue weighted by Crippen LogP contribution is -2.25. The summed E-state index contributed by atoms with van der Waals surface area (Å²) >= 11 is 4.88. The molecule has 4 heteroatoms. The van der Waals surface area contributed by atoms with Crippen LogP contribution >= 0.6 is 27.3 Å². The van der Waals surface area contributed by atoms with Crippen LogP contribution in [-0.4, -0.2) is 13.0 Å². The van der Waals surface area contributed by atoms with E-state index in [4.69, 9.17) is 0 Å². The van der Waals surface area contributed by atoms with E-state index in [-0.39, 0.29) is 5.91 Å². The van der Waals surface area contributed by atoms with Crippen LogP contribution in [-0.2, 0) is 0 Å². The van der Waals surface area contributed by atoms with Crippen LogP contribution in [0.1, 0.15) is 15.9 Å². The highest BCUT2D eigenvalue weighted by molar-refractivity contribution is 9.11. The minimum Gasteiger partial charge on any atom is -0.311 e. The summed E-state index contributed by atoms with van der Waals surface area (Å²) in [6.45, 7) is 2.02. The molecule has 2 aromatic rings. The standard InChI is InChI=1S/C13H12BrNOS/c1-9-4-3-5-11(6-9)15(2)13(16)10-7-12(14)17-8-10/h3-8H,1-2H3. The molecule has 1 heterocycles. The molecule has 0 aliphatic carbocycles. The molecule has 88 valence electrons. The smallest absolute Gasteiger partial charge is 0.258 e. The summed E-state index contributed by atoms with van der Waals surface area (Å²) in [5.74, 6) is 0.0116. The monoisotopic (exact) mass is 309 g/mol. The second-order valence-electron chi connectivity index (χ2n) is 3.84. The minimum atomic E-state index is 0.0116. The highest BCUT2D eigenvalue weighted by Crippen LogP contribution is 2.23. The fourth-order valence-corrected chi connectivity index (χ4v) is 2.70. The Labute approximate surface area is 113 Å². The van der Waals surface area contributed by atoms with Crippen molar-refractivity contribution in [3.63, 3.8) is 0 Å². The molecule has 17 heavy (non-hydrogen) atoms. The Bertz CT molecular complexity index is 550. The highest BCUT2D eigenvalue weighted by Gasteiger charge is 2.14. The second-order valence-corrected chi connectivity index (χ2v) is 6.13. The van der Waals surface area contributed by atoms with Crippen molar-refractivity contribution in [3.05, 3.63) is 50.6 Å². The Morgan fingerprint density at radius 3 is 2.71 bits per heavy atom. The van der Waals surface area contributed by atoms with Gasteiger partial charge in [0.2, 0.25) is 0 Å². The highest BCUT2D eigenvalue weighted by atomic mass is 79.9. The summed E-state index contributed by atoms with van der Waals surface area (Å²) in [5, 5.41) is 1.86. The fraction of sp³-hybridized carbons (Fsp3) is 0.154. The van der Waals surface area contributed by atoms with Gasteiger partial charge in [0.05, 0.1) is 9.35 Å². The number of benzene rings is 1. The van der Waals surface area contributed by atoms with E-state index in [0.29, 0.717) is 5.56 Å². The van der Waals surface area contributed by atoms with Gasteiger partial charge in [0.1, 0.15) is 0 Å². The first-order valence-electron chi connectivity index (χ1n) is 5.16. The Balaban J connectivity index is 2.26. The Hall–Kier alpha value is -1.13. The molecule has 1 aromatic carbocycles. The molecule has 0 spiro atoms. The number of carbonyl (C=O) groups excluding carboxylic acids is 1. The van der Waals surface area contributed by atoms with E-state index < -0.39 is 0 Å². The van der Waals surface area contributed by atoms with Gasteiger partial charge in [0.15, 0.2) is 0 Å². The van der Waals surface area contributed by atoms with E-state index in [9.17, 15) is 4.79 Å². The lowest BCUT2D eigenvalue weighted by Gasteiger charge is -2.17. The molecule has 0 fully saturated rings. The van der Waals surface area contributed by atoms with Crippen molar-refractivity contribution in [3.8, 4) is 0 Å². The van der Waals surface area contributed by atoms with Gasteiger partial charge in [-0.3, -0.25) is 4.79 Å². The summed E-state index contributed by atoms with van der Waals surface area (Å²) in [6.07, 6.45) is 0. The molecule has 0 saturated heterocycles. The average molecular weight is 310 g/mol. The van der Waals surface area contributed by atoms with Crippen molar-refractivity contribution in [1.29, 1.82) is 0 Å². The zero-order chi connectivity index (χ0) is 12.4. The summed E-state index contributed by atoms with van der Waals surface area (Å²) < 4.78 is 0.971. The van der Waals surface area contributed by atoms with Crippen molar-refractivity contribution in [2.24, 2.45) is 0 Å². The third-order valence-electron chi connectivity index (χ3n) is 2.51. The average Bonchev–Trinajstić information content (AvgIpc) is 2.74. The first-order chi connectivity index (χ1) is 8.08. The van der Waals surface area contributed by atoms with Crippen LogP contribution in [0.15, 0.2) is 39.5 Å². The summed E-state index contributed by atoms with van der Waals surface area (Å²) in [4.78, 5) is 13.8. The Kier molecular flexibility index (Phi) is 3.64. The van der Waals surface area contributed by atoms with Crippen molar-refractivity contribution < 1.29 is 4.79 Å². The van der Waals surface area contributed by atoms with Gasteiger partial charge in [-0.05, 0) is 46.6 Å². The van der Waals surface area contributed by atoms with Crippen molar-refractivity contribution in [2.45, 2.75) is 6.92 Å². The summed E-state index contributed by atoms with van der Waals surface area (Å²) in [5.41, 5.74) is 2.77. The molecule has 0 radical (unpaired) electrons. The predicted octanol–water partition coefficient (Wildman–Crippen LogP) is 4.10. The molecule has 2 nitrogen and oxygen atoms in total. The van der Waals surface area contributed by atoms with Crippen LogP contribution in [0.3, 0.4) is 0 Å². The first-order valence-corrected chi connectivity index (χ1v) is 6.84. The number of thiophene rings is 1. The van der Waals surface area contributed by atoms with Gasteiger partial charge in [0, 0.05) is 18.1 Å². The fourth-order valence-electron chi connectivity index (χ4n) is 1.57. The van der Waals surface area contributed by atoms with Crippen molar-refractivity contribution in [2.75, 3.05) is 11.9 Å². The number of aryl methyl sites for hydroxylation is 1. The molecule has 1 amide bonds. The molecule has 0 aliphatic rings. The number of halogens is 1. The molecular formula is C13H12BrNOS. The van der Waals surface area contributed by atoms with Crippen molar-refractivity contribution >= 4 is 38.9 Å². The van der Waals surface area contributed by atoms with Gasteiger partial charge in [-0.25, -0.2) is 0 Å². The molecule has 1 aromatic heterocycles. The van der Waals surface area contributed by atoms with Gasteiger partial charge in [-0.2, -0.15) is 0 Å². The normalized spacial score (nSPS) is 10.3. The van der Waals surface area contributed by atoms with Crippen LogP contribution in [0, 0.1) is 6.92 Å². The zero-order valence-corrected chi connectivity index (χ0v) is 12.0. The first kappa shape index (κ1) is 12.3. The van der Waals surface area contributed by atoms with E-state index >= 15 is 0 Å². The van der Waals surface area contributed by atoms with E-state index in [1.54, 1.807) is 11.9 Å². The number of nitrogens with zero attached hydrogens (tertiary/aromatic N) is 1. The maximum absolute atomic E-state index is 12.2. The number of rotatable bonds is 2. The molecule has 0 saturated carbocycles. The second kappa shape index (κ2) is 5.02. The largest absolute Gasteiger partial charge is 0.311 e. The van der Waals surface area contributed by atoms with E-state index in [0.717, 1.165) is 15.0 Å². The summed E-state index contributed by atoms with van der Waals surface area (Å²) in [7, 11) is 1.79. The molecule has 0 aliphatic heterocycles. The third-order valence-corrected chi connectivity index (χ3v) is 4.01. The maximum Gasteiger partial charge on any atom is 0.258 e. The van der Waals surface area contributed by atoms with Crippen LogP contribution in [0.5, 0.6) is 0 Å². The van der Waals surface area contributed by atoms with E-state index in [2.05, 4.69) is 15.9 Å². The quantitative estimate of drug-likeness (QED) is 0.818. The van der Waals surface area contributed by atoms with Crippen LogP contribution < -0.4 is 4.90 Å². The third kappa shape index (κ3) is 2.76. The Morgan fingerprint density at radius 1 is 1.35 bits per heavy atom. The lowest BCUT2D eigenvalue weighted by atomic mass is 10.2. The van der Waals surface area contributed by atoms with E-state index in [1.807, 2.05) is 42.6 Å². The van der Waals surface area contributed by atoms with Crippen LogP contribution in [0.25, 0.3) is 0 Å². The lowest BCUT2D eigenvalue weighted by molar-refractivity contribution is 0.0993. The van der Waals surface area contributed by atoms with Gasteiger partial charge >= 0.3 is 0 Å². The van der Waals surface area contributed by atoms with Crippen LogP contribution in [0.4, 0.5) is 5.69 Å². The molecule has 2 rings (SSSR count). The molecule has 0 unspecified atom stereocenters. The summed E-state index contributed by atoms with van der Waals surface area (Å²) in [6, 6.07) is 9.76. The molecule has 0 bridgehead atoms. The number of hydrogen-bond donors (Lipinski definition) is 0. The SMILES string of the molecule is Cc1cccc(N(C)C(=O)c2csc(Br)c2)c1. The molecule has 0 N–H and O–H groups in total. The zero-order valence-electron chi connectivity index (χ0n) is 9.61. The van der Waals surface area contributed by atoms with Crippen molar-refractivity contribution in [1.82, 2.24) is 0 Å². The number of amides is 1. The van der Waals surface area contributed by atoms with Gasteiger partial charge in [0.25, 0.3) is 5.91 Å². The van der Waals surface area contributed by atoms with Gasteiger partial charge < -0.3 is 4.90 Å². The van der Waals surface area contributed by atoms with Gasteiger partial charge in [-0.15, -0.1) is 11.3 Å². The van der Waals surface area contributed by atoms with Crippen LogP contribution in [0.2, 0.25) is 0 Å². The van der Waals surface area contributed by atoms with Gasteiger partial charge in [-0.1, -0.05) is 12.1 Å². The number of carbonyl (C=O) groups is 1. The minimum absolute atomic E-state index is 0.0116. The number of hydrogen-bond acceptors (Lipinski definition) is 2. The topological polar surface area (TPSA) is 20.3 Å². The molecule has 0 atom stereocenters. The Morgan fingerprint density at radius 2 is 2.12 bits per heavy atom. The predicted molar refractivity (Wildman–Crippen MR) is 75.9 cm³/mol.